The minimum atomic E-state index is -0.522. The molecule has 0 amide bonds. The number of aromatic nitrogens is 2. The average Bonchev–Trinajstić information content (AvgIpc) is 3.44. The van der Waals surface area contributed by atoms with Gasteiger partial charge in [-0.2, -0.15) is 0 Å². The van der Waals surface area contributed by atoms with Crippen LogP contribution in [0.25, 0.3) is 10.9 Å². The molecule has 2 N–H and O–H groups in total. The zero-order chi connectivity index (χ0) is 16.4. The molecule has 0 spiro atoms. The van der Waals surface area contributed by atoms with E-state index in [1.54, 1.807) is 0 Å². The Morgan fingerprint density at radius 2 is 1.79 bits per heavy atom. The largest absolute Gasteiger partial charge is 0.388 e. The SMILES string of the molecule is OC(CSc1nc(NC2CC2)c2ccccc2n1)c1ccccc1. The maximum absolute atomic E-state index is 10.3. The molecule has 3 aromatic rings. The first-order valence-corrected chi connectivity index (χ1v) is 9.17. The van der Waals surface area contributed by atoms with E-state index in [-0.39, 0.29) is 0 Å². The summed E-state index contributed by atoms with van der Waals surface area (Å²) in [6, 6.07) is 18.3. The Morgan fingerprint density at radius 1 is 1.04 bits per heavy atom. The van der Waals surface area contributed by atoms with Crippen LogP contribution in [0.5, 0.6) is 0 Å². The van der Waals surface area contributed by atoms with E-state index in [4.69, 9.17) is 0 Å². The number of nitrogens with zero attached hydrogens (tertiary/aromatic N) is 2. The van der Waals surface area contributed by atoms with E-state index in [1.165, 1.54) is 24.6 Å². The summed E-state index contributed by atoms with van der Waals surface area (Å²) in [6.45, 7) is 0. The molecule has 1 atom stereocenters. The minimum absolute atomic E-state index is 0.522. The summed E-state index contributed by atoms with van der Waals surface area (Å²) in [4.78, 5) is 9.31. The zero-order valence-electron chi connectivity index (χ0n) is 13.2. The van der Waals surface area contributed by atoms with Crippen LogP contribution in [0.1, 0.15) is 24.5 Å². The molecule has 2 aromatic carbocycles. The monoisotopic (exact) mass is 337 g/mol. The van der Waals surface area contributed by atoms with E-state index in [9.17, 15) is 5.11 Å². The number of nitrogens with one attached hydrogen (secondary N) is 1. The van der Waals surface area contributed by atoms with Gasteiger partial charge in [-0.3, -0.25) is 0 Å². The first-order chi connectivity index (χ1) is 11.8. The lowest BCUT2D eigenvalue weighted by Gasteiger charge is -2.12. The van der Waals surface area contributed by atoms with Crippen molar-refractivity contribution in [1.29, 1.82) is 0 Å². The van der Waals surface area contributed by atoms with Gasteiger partial charge in [0, 0.05) is 17.2 Å². The van der Waals surface area contributed by atoms with Crippen molar-refractivity contribution in [3.8, 4) is 0 Å². The molecule has 1 aliphatic carbocycles. The van der Waals surface area contributed by atoms with Crippen LogP contribution in [-0.4, -0.2) is 26.9 Å². The van der Waals surface area contributed by atoms with Crippen molar-refractivity contribution in [2.24, 2.45) is 0 Å². The number of hydrogen-bond acceptors (Lipinski definition) is 5. The zero-order valence-corrected chi connectivity index (χ0v) is 14.0. The number of para-hydroxylation sites is 1. The quantitative estimate of drug-likeness (QED) is 0.525. The summed E-state index contributed by atoms with van der Waals surface area (Å²) in [7, 11) is 0. The molecule has 24 heavy (non-hydrogen) atoms. The number of hydrogen-bond donors (Lipinski definition) is 2. The summed E-state index contributed by atoms with van der Waals surface area (Å²) in [5, 5.41) is 15.6. The van der Waals surface area contributed by atoms with Crippen molar-refractivity contribution in [2.45, 2.75) is 30.1 Å². The fourth-order valence-electron chi connectivity index (χ4n) is 2.58. The number of rotatable bonds is 6. The van der Waals surface area contributed by atoms with Crippen LogP contribution < -0.4 is 5.32 Å². The van der Waals surface area contributed by atoms with Gasteiger partial charge in [-0.05, 0) is 30.5 Å². The Balaban J connectivity index is 1.55. The average molecular weight is 337 g/mol. The number of thioether (sulfide) groups is 1. The van der Waals surface area contributed by atoms with Gasteiger partial charge in [-0.15, -0.1) is 0 Å². The second-order valence-electron chi connectivity index (χ2n) is 6.03. The molecule has 122 valence electrons. The normalized spacial score (nSPS) is 15.4. The molecule has 1 saturated carbocycles. The standard InChI is InChI=1S/C19H19N3OS/c23-17(13-6-2-1-3-7-13)12-24-19-21-16-9-5-4-8-15(16)18(22-19)20-14-10-11-14/h1-9,14,17,23H,10-12H2,(H,20,21,22). The highest BCUT2D eigenvalue weighted by molar-refractivity contribution is 7.99. The van der Waals surface area contributed by atoms with Crippen molar-refractivity contribution in [2.75, 3.05) is 11.1 Å². The van der Waals surface area contributed by atoms with Crippen LogP contribution in [-0.2, 0) is 0 Å². The molecule has 0 bridgehead atoms. The van der Waals surface area contributed by atoms with Crippen LogP contribution in [0.4, 0.5) is 5.82 Å². The van der Waals surface area contributed by atoms with Crippen molar-refractivity contribution < 1.29 is 5.11 Å². The first kappa shape index (κ1) is 15.4. The molecule has 4 nitrogen and oxygen atoms in total. The molecule has 1 aromatic heterocycles. The fourth-order valence-corrected chi connectivity index (χ4v) is 3.39. The molecule has 1 aliphatic rings. The fraction of sp³-hybridized carbons (Fsp3) is 0.263. The van der Waals surface area contributed by atoms with E-state index in [0.717, 1.165) is 22.3 Å². The maximum atomic E-state index is 10.3. The van der Waals surface area contributed by atoms with E-state index in [2.05, 4.69) is 15.3 Å². The van der Waals surface area contributed by atoms with Gasteiger partial charge in [0.25, 0.3) is 0 Å². The predicted octanol–water partition coefficient (Wildman–Crippen LogP) is 4.03. The number of aliphatic hydroxyl groups excluding tert-OH is 1. The second-order valence-corrected chi connectivity index (χ2v) is 7.02. The van der Waals surface area contributed by atoms with Gasteiger partial charge in [0.05, 0.1) is 11.6 Å². The smallest absolute Gasteiger partial charge is 0.190 e. The van der Waals surface area contributed by atoms with E-state index in [0.29, 0.717) is 17.0 Å². The van der Waals surface area contributed by atoms with Gasteiger partial charge in [0.1, 0.15) is 5.82 Å². The molecule has 4 rings (SSSR count). The van der Waals surface area contributed by atoms with Gasteiger partial charge in [0.2, 0.25) is 0 Å². The highest BCUT2D eigenvalue weighted by Gasteiger charge is 2.23. The molecule has 1 fully saturated rings. The lowest BCUT2D eigenvalue weighted by molar-refractivity contribution is 0.204. The summed E-state index contributed by atoms with van der Waals surface area (Å²) in [5.74, 6) is 1.44. The number of anilines is 1. The van der Waals surface area contributed by atoms with Crippen LogP contribution >= 0.6 is 11.8 Å². The van der Waals surface area contributed by atoms with Crippen LogP contribution in [0.2, 0.25) is 0 Å². The molecule has 1 unspecified atom stereocenters. The highest BCUT2D eigenvalue weighted by Crippen LogP contribution is 2.30. The van der Waals surface area contributed by atoms with E-state index >= 15 is 0 Å². The molecule has 1 heterocycles. The van der Waals surface area contributed by atoms with Crippen LogP contribution in [0.3, 0.4) is 0 Å². The molecule has 0 aliphatic heterocycles. The Morgan fingerprint density at radius 3 is 2.58 bits per heavy atom. The topological polar surface area (TPSA) is 58.0 Å². The Bertz CT molecular complexity index is 836. The Labute approximate surface area is 145 Å². The van der Waals surface area contributed by atoms with Crippen LogP contribution in [0.15, 0.2) is 59.8 Å². The lowest BCUT2D eigenvalue weighted by Crippen LogP contribution is -2.06. The second kappa shape index (κ2) is 6.79. The predicted molar refractivity (Wildman–Crippen MR) is 98.3 cm³/mol. The van der Waals surface area contributed by atoms with Crippen molar-refractivity contribution in [3.05, 3.63) is 60.2 Å². The molecule has 0 radical (unpaired) electrons. The van der Waals surface area contributed by atoms with Gasteiger partial charge in [-0.25, -0.2) is 9.97 Å². The Hall–Kier alpha value is -2.11. The van der Waals surface area contributed by atoms with Crippen molar-refractivity contribution in [1.82, 2.24) is 9.97 Å². The maximum Gasteiger partial charge on any atom is 0.190 e. The summed E-state index contributed by atoms with van der Waals surface area (Å²) in [6.07, 6.45) is 1.88. The van der Waals surface area contributed by atoms with Crippen molar-refractivity contribution >= 4 is 28.5 Å². The van der Waals surface area contributed by atoms with Crippen molar-refractivity contribution in [3.63, 3.8) is 0 Å². The molecule has 5 heteroatoms. The lowest BCUT2D eigenvalue weighted by atomic mass is 10.1. The minimum Gasteiger partial charge on any atom is -0.388 e. The third-order valence-corrected chi connectivity index (χ3v) is 4.98. The number of fused-ring (bicyclic) bond motifs is 1. The number of aliphatic hydroxyl groups is 1. The summed E-state index contributed by atoms with van der Waals surface area (Å²) in [5.41, 5.74) is 1.86. The summed E-state index contributed by atoms with van der Waals surface area (Å²) >= 11 is 1.49. The molecular weight excluding hydrogens is 318 g/mol. The van der Waals surface area contributed by atoms with E-state index < -0.39 is 6.10 Å². The first-order valence-electron chi connectivity index (χ1n) is 8.19. The third-order valence-electron chi connectivity index (χ3n) is 4.06. The Kier molecular flexibility index (Phi) is 4.36. The highest BCUT2D eigenvalue weighted by atomic mass is 32.2. The van der Waals surface area contributed by atoms with Gasteiger partial charge in [0.15, 0.2) is 5.16 Å². The number of benzene rings is 2. The van der Waals surface area contributed by atoms with Gasteiger partial charge in [-0.1, -0.05) is 54.2 Å². The van der Waals surface area contributed by atoms with E-state index in [1.807, 2.05) is 54.6 Å². The van der Waals surface area contributed by atoms with Gasteiger partial charge < -0.3 is 10.4 Å². The van der Waals surface area contributed by atoms with Crippen LogP contribution in [0, 0.1) is 0 Å². The summed E-state index contributed by atoms with van der Waals surface area (Å²) < 4.78 is 0. The van der Waals surface area contributed by atoms with Gasteiger partial charge >= 0.3 is 0 Å². The third kappa shape index (κ3) is 3.52. The molecular formula is C19H19N3OS. The molecule has 0 saturated heterocycles.